The molecule has 0 bridgehead atoms. The van der Waals surface area contributed by atoms with Gasteiger partial charge in [-0.25, -0.2) is 4.39 Å². The number of hydrogen-bond donors (Lipinski definition) is 1. The summed E-state index contributed by atoms with van der Waals surface area (Å²) < 4.78 is 13.5. The van der Waals surface area contributed by atoms with E-state index in [0.29, 0.717) is 16.5 Å². The summed E-state index contributed by atoms with van der Waals surface area (Å²) in [4.78, 5) is 0. The molecule has 0 heterocycles. The first kappa shape index (κ1) is 14.8. The number of rotatable bonds is 5. The molecule has 1 saturated carbocycles. The Kier molecular flexibility index (Phi) is 5.23. The highest BCUT2D eigenvalue weighted by Crippen LogP contribution is 2.38. The van der Waals surface area contributed by atoms with E-state index < -0.39 is 0 Å². The number of benzene rings is 1. The Hall–Kier alpha value is -0.600. The number of hydrogen-bond acceptors (Lipinski definition) is 1. The number of halogens is 2. The summed E-state index contributed by atoms with van der Waals surface area (Å²) in [5.41, 5.74) is 1.75. The van der Waals surface area contributed by atoms with Crippen LogP contribution in [0.2, 0.25) is 5.02 Å². The molecule has 0 saturated heterocycles. The Morgan fingerprint density at radius 3 is 2.68 bits per heavy atom. The minimum Gasteiger partial charge on any atom is -0.310 e. The number of nitrogens with one attached hydrogen (secondary N) is 1. The predicted molar refractivity (Wildman–Crippen MR) is 79.1 cm³/mol. The van der Waals surface area contributed by atoms with Crippen molar-refractivity contribution in [2.45, 2.75) is 52.0 Å². The number of aryl methyl sites for hydroxylation is 1. The second-order valence-corrected chi connectivity index (χ2v) is 6.01. The molecule has 3 heteroatoms. The van der Waals surface area contributed by atoms with Gasteiger partial charge in [0.05, 0.1) is 0 Å². The van der Waals surface area contributed by atoms with E-state index in [2.05, 4.69) is 12.2 Å². The third-order valence-corrected chi connectivity index (χ3v) is 4.43. The van der Waals surface area contributed by atoms with Crippen LogP contribution in [0, 0.1) is 18.7 Å². The van der Waals surface area contributed by atoms with Crippen molar-refractivity contribution in [1.82, 2.24) is 5.32 Å². The second kappa shape index (κ2) is 6.71. The van der Waals surface area contributed by atoms with E-state index in [1.54, 1.807) is 6.92 Å². The third-order valence-electron chi connectivity index (χ3n) is 4.10. The fourth-order valence-electron chi connectivity index (χ4n) is 3.04. The highest BCUT2D eigenvalue weighted by Gasteiger charge is 2.27. The lowest BCUT2D eigenvalue weighted by Gasteiger charge is -2.26. The van der Waals surface area contributed by atoms with Crippen molar-refractivity contribution in [3.63, 3.8) is 0 Å². The molecule has 1 aromatic rings. The maximum absolute atomic E-state index is 13.5. The van der Waals surface area contributed by atoms with Crippen LogP contribution in [0.25, 0.3) is 0 Å². The molecule has 0 radical (unpaired) electrons. The van der Waals surface area contributed by atoms with Gasteiger partial charge in [0.25, 0.3) is 0 Å². The van der Waals surface area contributed by atoms with Gasteiger partial charge >= 0.3 is 0 Å². The Labute approximate surface area is 120 Å². The molecule has 19 heavy (non-hydrogen) atoms. The minimum absolute atomic E-state index is 0.214. The highest BCUT2D eigenvalue weighted by atomic mass is 35.5. The fourth-order valence-corrected chi connectivity index (χ4v) is 3.31. The van der Waals surface area contributed by atoms with Crippen molar-refractivity contribution in [3.05, 3.63) is 34.1 Å². The molecule has 0 aromatic heterocycles. The van der Waals surface area contributed by atoms with Gasteiger partial charge in [0, 0.05) is 11.1 Å². The predicted octanol–water partition coefficient (Wildman–Crippen LogP) is 5.02. The van der Waals surface area contributed by atoms with E-state index in [-0.39, 0.29) is 11.9 Å². The zero-order chi connectivity index (χ0) is 13.8. The fraction of sp³-hybridized carbons (Fsp3) is 0.625. The van der Waals surface area contributed by atoms with Gasteiger partial charge in [-0.05, 0) is 55.8 Å². The molecule has 1 N–H and O–H groups in total. The summed E-state index contributed by atoms with van der Waals surface area (Å²) in [6, 6.07) is 3.65. The Bertz CT molecular complexity index is 427. The molecule has 1 atom stereocenters. The van der Waals surface area contributed by atoms with E-state index in [1.807, 2.05) is 6.07 Å². The van der Waals surface area contributed by atoms with Crippen LogP contribution < -0.4 is 5.32 Å². The van der Waals surface area contributed by atoms with Gasteiger partial charge < -0.3 is 5.32 Å². The molecule has 1 fully saturated rings. The molecule has 1 aromatic carbocycles. The van der Waals surface area contributed by atoms with Gasteiger partial charge in [0.1, 0.15) is 5.82 Å². The smallest absolute Gasteiger partial charge is 0.127 e. The van der Waals surface area contributed by atoms with Crippen LogP contribution in [0.5, 0.6) is 0 Å². The molecule has 2 rings (SSSR count). The summed E-state index contributed by atoms with van der Waals surface area (Å²) in [7, 11) is 0. The van der Waals surface area contributed by atoms with Crippen LogP contribution in [0.1, 0.15) is 56.2 Å². The van der Waals surface area contributed by atoms with Crippen LogP contribution in [-0.2, 0) is 0 Å². The average molecular weight is 284 g/mol. The molecule has 0 spiro atoms. The molecule has 1 nitrogen and oxygen atoms in total. The minimum atomic E-state index is -0.214. The molecule has 106 valence electrons. The van der Waals surface area contributed by atoms with Crippen molar-refractivity contribution in [1.29, 1.82) is 0 Å². The first-order valence-corrected chi connectivity index (χ1v) is 7.70. The second-order valence-electron chi connectivity index (χ2n) is 5.60. The standard InChI is InChI=1S/C16H23ClFN/c1-3-8-19-16(12-6-4-5-7-12)13-9-11(2)15(18)10-14(13)17/h9-10,12,16,19H,3-8H2,1-2H3. The lowest BCUT2D eigenvalue weighted by Crippen LogP contribution is -2.28. The SMILES string of the molecule is CCCNC(c1cc(C)c(F)cc1Cl)C1CCCC1. The highest BCUT2D eigenvalue weighted by molar-refractivity contribution is 6.31. The first-order valence-electron chi connectivity index (χ1n) is 7.32. The van der Waals surface area contributed by atoms with E-state index in [4.69, 9.17) is 11.6 Å². The average Bonchev–Trinajstić information content (AvgIpc) is 2.89. The summed E-state index contributed by atoms with van der Waals surface area (Å²) in [6.07, 6.45) is 6.18. The lowest BCUT2D eigenvalue weighted by molar-refractivity contribution is 0.368. The first-order chi connectivity index (χ1) is 9.13. The van der Waals surface area contributed by atoms with Crippen molar-refractivity contribution in [3.8, 4) is 0 Å². The maximum atomic E-state index is 13.5. The van der Waals surface area contributed by atoms with E-state index >= 15 is 0 Å². The molecule has 1 aliphatic rings. The van der Waals surface area contributed by atoms with E-state index in [9.17, 15) is 4.39 Å². The van der Waals surface area contributed by atoms with Gasteiger partial charge in [0.15, 0.2) is 0 Å². The van der Waals surface area contributed by atoms with Crippen molar-refractivity contribution < 1.29 is 4.39 Å². The van der Waals surface area contributed by atoms with Crippen molar-refractivity contribution in [2.24, 2.45) is 5.92 Å². The zero-order valence-corrected chi connectivity index (χ0v) is 12.6. The summed E-state index contributed by atoms with van der Waals surface area (Å²) in [5, 5.41) is 4.17. The van der Waals surface area contributed by atoms with Crippen LogP contribution in [0.4, 0.5) is 4.39 Å². The maximum Gasteiger partial charge on any atom is 0.127 e. The van der Waals surface area contributed by atoms with Crippen LogP contribution in [0.15, 0.2) is 12.1 Å². The normalized spacial score (nSPS) is 17.9. The van der Waals surface area contributed by atoms with Gasteiger partial charge in [-0.3, -0.25) is 0 Å². The van der Waals surface area contributed by atoms with Gasteiger partial charge in [-0.1, -0.05) is 37.4 Å². The summed E-state index contributed by atoms with van der Waals surface area (Å²) in [5.74, 6) is 0.420. The van der Waals surface area contributed by atoms with Crippen LogP contribution in [0.3, 0.4) is 0 Å². The zero-order valence-electron chi connectivity index (χ0n) is 11.8. The molecular formula is C16H23ClFN. The van der Waals surface area contributed by atoms with Crippen molar-refractivity contribution >= 4 is 11.6 Å². The summed E-state index contributed by atoms with van der Waals surface area (Å²) >= 11 is 6.27. The topological polar surface area (TPSA) is 12.0 Å². The Morgan fingerprint density at radius 2 is 2.05 bits per heavy atom. The largest absolute Gasteiger partial charge is 0.310 e. The molecule has 0 aliphatic heterocycles. The molecule has 0 amide bonds. The summed E-state index contributed by atoms with van der Waals surface area (Å²) in [6.45, 7) is 4.95. The quantitative estimate of drug-likeness (QED) is 0.800. The molecule has 1 aliphatic carbocycles. The van der Waals surface area contributed by atoms with Crippen LogP contribution >= 0.6 is 11.6 Å². The Morgan fingerprint density at radius 1 is 1.37 bits per heavy atom. The molecule has 1 unspecified atom stereocenters. The monoisotopic (exact) mass is 283 g/mol. The van der Waals surface area contributed by atoms with E-state index in [0.717, 1.165) is 18.5 Å². The molecular weight excluding hydrogens is 261 g/mol. The van der Waals surface area contributed by atoms with Crippen molar-refractivity contribution in [2.75, 3.05) is 6.54 Å². The third kappa shape index (κ3) is 3.49. The lowest BCUT2D eigenvalue weighted by atomic mass is 9.90. The Balaban J connectivity index is 2.28. The van der Waals surface area contributed by atoms with E-state index in [1.165, 1.54) is 31.7 Å². The van der Waals surface area contributed by atoms with Gasteiger partial charge in [0.2, 0.25) is 0 Å². The van der Waals surface area contributed by atoms with Gasteiger partial charge in [-0.15, -0.1) is 0 Å². The van der Waals surface area contributed by atoms with Crippen LogP contribution in [-0.4, -0.2) is 6.54 Å². The van der Waals surface area contributed by atoms with Gasteiger partial charge in [-0.2, -0.15) is 0 Å².